The minimum Gasteiger partial charge on any atom is -0.434 e. The van der Waals surface area contributed by atoms with Crippen LogP contribution >= 0.6 is 31.9 Å². The summed E-state index contributed by atoms with van der Waals surface area (Å²) in [5.41, 5.74) is 1.55. The predicted octanol–water partition coefficient (Wildman–Crippen LogP) is 5.99. The first kappa shape index (κ1) is 16.2. The molecule has 0 heterocycles. The third-order valence-corrected chi connectivity index (χ3v) is 4.05. The summed E-state index contributed by atoms with van der Waals surface area (Å²) in [5, 5.41) is 3.27. The Morgan fingerprint density at radius 1 is 1.10 bits per heavy atom. The molecule has 0 aliphatic heterocycles. The summed E-state index contributed by atoms with van der Waals surface area (Å²) in [7, 11) is 0. The fraction of sp³-hybridized carbons (Fsp3) is 0.200. The molecule has 2 nitrogen and oxygen atoms in total. The molecule has 0 aliphatic carbocycles. The molecular weight excluding hydrogens is 408 g/mol. The van der Waals surface area contributed by atoms with Gasteiger partial charge in [-0.3, -0.25) is 0 Å². The summed E-state index contributed by atoms with van der Waals surface area (Å²) in [6, 6.07) is 12.3. The number of rotatable bonds is 5. The van der Waals surface area contributed by atoms with Crippen molar-refractivity contribution < 1.29 is 13.5 Å². The second-order valence-electron chi connectivity index (χ2n) is 4.41. The summed E-state index contributed by atoms with van der Waals surface area (Å²) in [5.74, 6) is 0.181. The van der Waals surface area contributed by atoms with Crippen molar-refractivity contribution >= 4 is 37.5 Å². The maximum absolute atomic E-state index is 12.4. The number of hydrogen-bond acceptors (Lipinski definition) is 2. The van der Waals surface area contributed by atoms with Crippen molar-refractivity contribution in [3.63, 3.8) is 0 Å². The van der Waals surface area contributed by atoms with Gasteiger partial charge in [0.25, 0.3) is 0 Å². The minimum absolute atomic E-state index is 0.181. The van der Waals surface area contributed by atoms with E-state index in [9.17, 15) is 8.78 Å². The molecule has 0 fully saturated rings. The third-order valence-electron chi connectivity index (χ3n) is 2.90. The molecule has 1 N–H and O–H groups in total. The van der Waals surface area contributed by atoms with E-state index < -0.39 is 6.61 Å². The molecular formula is C15H13Br2F2NO. The van der Waals surface area contributed by atoms with Crippen molar-refractivity contribution in [2.75, 3.05) is 5.32 Å². The Hall–Kier alpha value is -1.14. The summed E-state index contributed by atoms with van der Waals surface area (Å²) in [6.45, 7) is -0.944. The maximum Gasteiger partial charge on any atom is 0.387 e. The molecule has 0 radical (unpaired) electrons. The number of alkyl halides is 2. The normalized spacial score (nSPS) is 12.3. The van der Waals surface area contributed by atoms with Crippen molar-refractivity contribution in [1.82, 2.24) is 0 Å². The monoisotopic (exact) mass is 419 g/mol. The molecule has 6 heteroatoms. The van der Waals surface area contributed by atoms with Crippen LogP contribution in [0.2, 0.25) is 0 Å². The van der Waals surface area contributed by atoms with E-state index >= 15 is 0 Å². The fourth-order valence-corrected chi connectivity index (χ4v) is 3.12. The summed E-state index contributed by atoms with van der Waals surface area (Å²) in [4.78, 5) is 0. The van der Waals surface area contributed by atoms with Crippen LogP contribution in [0, 0.1) is 0 Å². The SMILES string of the molecule is CC(Nc1ccc(Br)cc1Br)c1ccccc1OC(F)F. The van der Waals surface area contributed by atoms with E-state index in [1.807, 2.05) is 25.1 Å². The molecule has 2 aromatic carbocycles. The van der Waals surface area contributed by atoms with Gasteiger partial charge in [0.1, 0.15) is 5.75 Å². The molecule has 2 rings (SSSR count). The van der Waals surface area contributed by atoms with E-state index in [0.717, 1.165) is 14.6 Å². The molecule has 2 aromatic rings. The molecule has 1 unspecified atom stereocenters. The van der Waals surface area contributed by atoms with Crippen molar-refractivity contribution in [1.29, 1.82) is 0 Å². The van der Waals surface area contributed by atoms with Gasteiger partial charge < -0.3 is 10.1 Å². The van der Waals surface area contributed by atoms with Crippen LogP contribution in [0.5, 0.6) is 5.75 Å². The van der Waals surface area contributed by atoms with Crippen LogP contribution in [-0.4, -0.2) is 6.61 Å². The second-order valence-corrected chi connectivity index (χ2v) is 6.18. The smallest absolute Gasteiger partial charge is 0.387 e. The molecule has 112 valence electrons. The van der Waals surface area contributed by atoms with Gasteiger partial charge in [-0.15, -0.1) is 0 Å². The Bertz CT molecular complexity index is 622. The van der Waals surface area contributed by atoms with Gasteiger partial charge in [-0.1, -0.05) is 34.1 Å². The zero-order valence-electron chi connectivity index (χ0n) is 11.1. The van der Waals surface area contributed by atoms with Crippen LogP contribution in [0.4, 0.5) is 14.5 Å². The average Bonchev–Trinajstić information content (AvgIpc) is 2.42. The number of nitrogens with one attached hydrogen (secondary N) is 1. The highest BCUT2D eigenvalue weighted by Crippen LogP contribution is 2.32. The number of ether oxygens (including phenoxy) is 1. The number of anilines is 1. The van der Waals surface area contributed by atoms with Crippen LogP contribution < -0.4 is 10.1 Å². The van der Waals surface area contributed by atoms with Gasteiger partial charge in [-0.25, -0.2) is 0 Å². The lowest BCUT2D eigenvalue weighted by Gasteiger charge is -2.20. The van der Waals surface area contributed by atoms with Crippen LogP contribution in [0.1, 0.15) is 18.5 Å². The van der Waals surface area contributed by atoms with E-state index in [2.05, 4.69) is 41.9 Å². The number of halogens is 4. The van der Waals surface area contributed by atoms with Crippen LogP contribution in [0.15, 0.2) is 51.4 Å². The lowest BCUT2D eigenvalue weighted by molar-refractivity contribution is -0.0505. The van der Waals surface area contributed by atoms with Crippen LogP contribution in [-0.2, 0) is 0 Å². The number of benzene rings is 2. The first-order chi connectivity index (χ1) is 9.97. The third kappa shape index (κ3) is 4.41. The Balaban J connectivity index is 2.22. The zero-order valence-corrected chi connectivity index (χ0v) is 14.3. The van der Waals surface area contributed by atoms with Gasteiger partial charge in [0.2, 0.25) is 0 Å². The van der Waals surface area contributed by atoms with Gasteiger partial charge in [-0.2, -0.15) is 8.78 Å². The largest absolute Gasteiger partial charge is 0.434 e. The van der Waals surface area contributed by atoms with Crippen molar-refractivity contribution in [3.8, 4) is 5.75 Å². The lowest BCUT2D eigenvalue weighted by Crippen LogP contribution is -2.11. The van der Waals surface area contributed by atoms with Gasteiger partial charge in [-0.05, 0) is 47.1 Å². The highest BCUT2D eigenvalue weighted by atomic mass is 79.9. The molecule has 21 heavy (non-hydrogen) atoms. The van der Waals surface area contributed by atoms with E-state index in [4.69, 9.17) is 0 Å². The zero-order chi connectivity index (χ0) is 15.4. The number of para-hydroxylation sites is 1. The lowest BCUT2D eigenvalue weighted by atomic mass is 10.1. The topological polar surface area (TPSA) is 21.3 Å². The van der Waals surface area contributed by atoms with Gasteiger partial charge in [0, 0.05) is 20.2 Å². The quantitative estimate of drug-likeness (QED) is 0.641. The van der Waals surface area contributed by atoms with Crippen LogP contribution in [0.3, 0.4) is 0 Å². The molecule has 0 aromatic heterocycles. The highest BCUT2D eigenvalue weighted by Gasteiger charge is 2.15. The molecule has 0 bridgehead atoms. The standard InChI is InChI=1S/C15H13Br2F2NO/c1-9(20-13-7-6-10(16)8-12(13)17)11-4-2-3-5-14(11)21-15(18)19/h2-9,15,20H,1H3. The molecule has 0 saturated heterocycles. The van der Waals surface area contributed by atoms with Crippen molar-refractivity contribution in [2.24, 2.45) is 0 Å². The van der Waals surface area contributed by atoms with E-state index in [1.54, 1.807) is 18.2 Å². The molecule has 0 amide bonds. The van der Waals surface area contributed by atoms with Crippen molar-refractivity contribution in [2.45, 2.75) is 19.6 Å². The Morgan fingerprint density at radius 2 is 1.81 bits per heavy atom. The Morgan fingerprint density at radius 3 is 2.48 bits per heavy atom. The maximum atomic E-state index is 12.4. The Labute approximate surface area is 138 Å². The predicted molar refractivity (Wildman–Crippen MR) is 87.0 cm³/mol. The summed E-state index contributed by atoms with van der Waals surface area (Å²) in [6.07, 6.45) is 0. The second kappa shape index (κ2) is 7.22. The summed E-state index contributed by atoms with van der Waals surface area (Å²) >= 11 is 6.85. The molecule has 0 aliphatic rings. The van der Waals surface area contributed by atoms with Gasteiger partial charge >= 0.3 is 6.61 Å². The van der Waals surface area contributed by atoms with E-state index in [0.29, 0.717) is 5.56 Å². The minimum atomic E-state index is -2.84. The van der Waals surface area contributed by atoms with E-state index in [-0.39, 0.29) is 11.8 Å². The molecule has 1 atom stereocenters. The first-order valence-electron chi connectivity index (χ1n) is 6.22. The average molecular weight is 421 g/mol. The fourth-order valence-electron chi connectivity index (χ4n) is 1.96. The van der Waals surface area contributed by atoms with Crippen LogP contribution in [0.25, 0.3) is 0 Å². The van der Waals surface area contributed by atoms with Gasteiger partial charge in [0.05, 0.1) is 6.04 Å². The molecule has 0 spiro atoms. The van der Waals surface area contributed by atoms with Gasteiger partial charge in [0.15, 0.2) is 0 Å². The van der Waals surface area contributed by atoms with Crippen molar-refractivity contribution in [3.05, 3.63) is 57.0 Å². The highest BCUT2D eigenvalue weighted by molar-refractivity contribution is 9.11. The first-order valence-corrected chi connectivity index (χ1v) is 7.81. The van der Waals surface area contributed by atoms with E-state index in [1.165, 1.54) is 6.07 Å². The Kier molecular flexibility index (Phi) is 5.58. The molecule has 0 saturated carbocycles. The summed E-state index contributed by atoms with van der Waals surface area (Å²) < 4.78 is 31.3. The number of hydrogen-bond donors (Lipinski definition) is 1.